The smallest absolute Gasteiger partial charge is 0.339 e. The van der Waals surface area contributed by atoms with Gasteiger partial charge in [0.15, 0.2) is 5.82 Å². The zero-order valence-corrected chi connectivity index (χ0v) is 26.3. The molecule has 0 atom stereocenters. The molecule has 10 nitrogen and oxygen atoms in total. The number of carbonyl (C=O) groups is 2. The molecular formula is C30H34ClF3N6O4S. The number of benzene rings is 2. The molecule has 0 saturated carbocycles. The monoisotopic (exact) mass is 666 g/mol. The van der Waals surface area contributed by atoms with Crippen LogP contribution < -0.4 is 16.0 Å². The lowest BCUT2D eigenvalue weighted by Crippen LogP contribution is -2.42. The average Bonchev–Trinajstić information content (AvgIpc) is 2.99. The number of hydrogen-bond donors (Lipinski definition) is 3. The fourth-order valence-electron chi connectivity index (χ4n) is 4.99. The number of alkyl halides is 3. The number of aryl methyl sites for hydroxylation is 2. The summed E-state index contributed by atoms with van der Waals surface area (Å²) < 4.78 is 57.7. The first kappa shape index (κ1) is 34.1. The SMILES string of the molecule is CC(C)S(=O)(=O)N1CCC(CC(=O)Nc2ccc3cc2CCc2cccc(c2)Nc2ncc(Cl)c(n2)N3)CC1.O=CC(F)(F)F. The Kier molecular flexibility index (Phi) is 11.0. The van der Waals surface area contributed by atoms with E-state index < -0.39 is 27.7 Å². The van der Waals surface area contributed by atoms with Crippen LogP contribution in [0, 0.1) is 5.92 Å². The predicted molar refractivity (Wildman–Crippen MR) is 168 cm³/mol. The molecular weight excluding hydrogens is 633 g/mol. The number of carbonyl (C=O) groups excluding carboxylic acids is 2. The number of fused-ring (bicyclic) bond motifs is 6. The number of nitrogens with one attached hydrogen (secondary N) is 3. The van der Waals surface area contributed by atoms with Crippen molar-refractivity contribution >= 4 is 62.6 Å². The zero-order valence-electron chi connectivity index (χ0n) is 24.7. The summed E-state index contributed by atoms with van der Waals surface area (Å²) in [5, 5.41) is 9.59. The van der Waals surface area contributed by atoms with Crippen LogP contribution in [0.5, 0.6) is 0 Å². The van der Waals surface area contributed by atoms with Crippen molar-refractivity contribution in [3.8, 4) is 0 Å². The lowest BCUT2D eigenvalue weighted by atomic mass is 9.94. The van der Waals surface area contributed by atoms with Crippen LogP contribution in [-0.4, -0.2) is 59.4 Å². The second-order valence-electron chi connectivity index (χ2n) is 11.1. The van der Waals surface area contributed by atoms with E-state index in [0.717, 1.165) is 41.0 Å². The van der Waals surface area contributed by atoms with Crippen LogP contribution in [0.1, 0.15) is 44.2 Å². The number of halogens is 4. The van der Waals surface area contributed by atoms with Gasteiger partial charge in [-0.15, -0.1) is 0 Å². The van der Waals surface area contributed by atoms with Gasteiger partial charge in [-0.1, -0.05) is 23.7 Å². The number of amides is 1. The Bertz CT molecular complexity index is 1630. The van der Waals surface area contributed by atoms with Gasteiger partial charge in [0.25, 0.3) is 0 Å². The van der Waals surface area contributed by atoms with Gasteiger partial charge in [0.1, 0.15) is 5.02 Å². The molecule has 3 heterocycles. The number of nitrogens with zero attached hydrogens (tertiary/aromatic N) is 3. The van der Waals surface area contributed by atoms with Crippen molar-refractivity contribution in [1.29, 1.82) is 0 Å². The van der Waals surface area contributed by atoms with E-state index in [1.165, 1.54) is 0 Å². The molecule has 242 valence electrons. The minimum absolute atomic E-state index is 0.0604. The molecule has 5 rings (SSSR count). The average molecular weight is 667 g/mol. The van der Waals surface area contributed by atoms with E-state index >= 15 is 0 Å². The molecule has 0 radical (unpaired) electrons. The van der Waals surface area contributed by atoms with Crippen LogP contribution in [-0.2, 0) is 32.5 Å². The highest BCUT2D eigenvalue weighted by atomic mass is 35.5. The van der Waals surface area contributed by atoms with Crippen molar-refractivity contribution in [2.45, 2.75) is 57.4 Å². The third-order valence-corrected chi connectivity index (χ3v) is 9.94. The Balaban J connectivity index is 0.000000700. The second kappa shape index (κ2) is 14.6. The van der Waals surface area contributed by atoms with Crippen molar-refractivity contribution in [2.24, 2.45) is 5.92 Å². The molecule has 45 heavy (non-hydrogen) atoms. The Morgan fingerprint density at radius 2 is 1.80 bits per heavy atom. The second-order valence-corrected chi connectivity index (χ2v) is 14.0. The highest BCUT2D eigenvalue weighted by Gasteiger charge is 2.31. The third-order valence-electron chi connectivity index (χ3n) is 7.39. The zero-order chi connectivity index (χ0) is 32.8. The molecule has 15 heteroatoms. The minimum Gasteiger partial charge on any atom is -0.339 e. The van der Waals surface area contributed by atoms with Gasteiger partial charge in [-0.25, -0.2) is 17.7 Å². The van der Waals surface area contributed by atoms with E-state index in [4.69, 9.17) is 16.4 Å². The summed E-state index contributed by atoms with van der Waals surface area (Å²) in [6, 6.07) is 13.9. The van der Waals surface area contributed by atoms with Crippen molar-refractivity contribution in [1.82, 2.24) is 14.3 Å². The van der Waals surface area contributed by atoms with Crippen molar-refractivity contribution in [3.63, 3.8) is 0 Å². The van der Waals surface area contributed by atoms with Crippen LogP contribution in [0.3, 0.4) is 0 Å². The number of aromatic nitrogens is 2. The maximum absolute atomic E-state index is 13.1. The number of aldehydes is 1. The van der Waals surface area contributed by atoms with E-state index in [1.807, 2.05) is 30.3 Å². The van der Waals surface area contributed by atoms with Gasteiger partial charge in [-0.2, -0.15) is 18.2 Å². The van der Waals surface area contributed by atoms with Gasteiger partial charge in [-0.05, 0) is 86.9 Å². The normalized spacial score (nSPS) is 15.6. The summed E-state index contributed by atoms with van der Waals surface area (Å²) in [4.78, 5) is 30.6. The molecule has 1 aromatic heterocycles. The van der Waals surface area contributed by atoms with Gasteiger partial charge >= 0.3 is 6.18 Å². The number of hydrogen-bond acceptors (Lipinski definition) is 8. The highest BCUT2D eigenvalue weighted by Crippen LogP contribution is 2.30. The molecule has 3 N–H and O–H groups in total. The van der Waals surface area contributed by atoms with E-state index in [2.05, 4.69) is 38.1 Å². The first-order valence-corrected chi connectivity index (χ1v) is 16.2. The Morgan fingerprint density at radius 1 is 1.11 bits per heavy atom. The molecule has 1 fully saturated rings. The largest absolute Gasteiger partial charge is 0.446 e. The minimum atomic E-state index is -4.64. The summed E-state index contributed by atoms with van der Waals surface area (Å²) in [5.41, 5.74) is 4.59. The number of sulfonamides is 1. The quantitative estimate of drug-likeness (QED) is 0.273. The molecule has 6 bridgehead atoms. The van der Waals surface area contributed by atoms with E-state index in [0.29, 0.717) is 49.1 Å². The molecule has 1 saturated heterocycles. The molecule has 2 aliphatic rings. The number of anilines is 5. The van der Waals surface area contributed by atoms with Gasteiger partial charge < -0.3 is 16.0 Å². The van der Waals surface area contributed by atoms with Crippen LogP contribution in [0.2, 0.25) is 5.02 Å². The molecule has 2 aromatic carbocycles. The molecule has 0 aliphatic carbocycles. The van der Waals surface area contributed by atoms with Crippen LogP contribution in [0.4, 0.5) is 42.0 Å². The first-order valence-electron chi connectivity index (χ1n) is 14.3. The van der Waals surface area contributed by atoms with Gasteiger partial charge in [0.2, 0.25) is 28.2 Å². The summed E-state index contributed by atoms with van der Waals surface area (Å²) >= 11 is 6.37. The molecule has 3 aromatic rings. The first-order chi connectivity index (χ1) is 21.2. The lowest BCUT2D eigenvalue weighted by Gasteiger charge is -2.32. The van der Waals surface area contributed by atoms with Crippen LogP contribution >= 0.6 is 11.6 Å². The Labute approximate surface area is 264 Å². The van der Waals surface area contributed by atoms with Crippen LogP contribution in [0.15, 0.2) is 48.7 Å². The third kappa shape index (κ3) is 9.62. The van der Waals surface area contributed by atoms with Gasteiger partial charge in [-0.3, -0.25) is 9.59 Å². The van der Waals surface area contributed by atoms with E-state index in [-0.39, 0.29) is 11.8 Å². The Hall–Kier alpha value is -3.75. The van der Waals surface area contributed by atoms with Crippen molar-refractivity contribution < 1.29 is 31.2 Å². The maximum Gasteiger partial charge on any atom is 0.446 e. The fourth-order valence-corrected chi connectivity index (χ4v) is 6.45. The summed E-state index contributed by atoms with van der Waals surface area (Å²) in [6.07, 6.45) is -0.918. The van der Waals surface area contributed by atoms with E-state index in [1.54, 1.807) is 24.3 Å². The number of piperidine rings is 1. The van der Waals surface area contributed by atoms with Gasteiger partial charge in [0, 0.05) is 36.6 Å². The summed E-state index contributed by atoms with van der Waals surface area (Å²) in [7, 11) is -3.26. The topological polar surface area (TPSA) is 133 Å². The standard InChI is InChI=1S/C28H33ClN6O3S.C2HF3O/c1-18(2)39(37,38)35-12-10-20(11-13-35)15-26(36)33-25-9-8-23-16-21(25)7-6-19-4-3-5-22(14-19)32-28-30-17-24(29)27(31-23)34-28;3-2(4,5)1-6/h3-5,8-9,14,16-18,20H,6-7,10-13,15H2,1-2H3,(H,33,36)(H2,30,31,32,34);1H. The molecule has 2 aliphatic heterocycles. The summed E-state index contributed by atoms with van der Waals surface area (Å²) in [6.45, 7) is 4.33. The Morgan fingerprint density at radius 3 is 2.47 bits per heavy atom. The van der Waals surface area contributed by atoms with E-state index in [9.17, 15) is 26.4 Å². The van der Waals surface area contributed by atoms with Crippen molar-refractivity contribution in [2.75, 3.05) is 29.0 Å². The maximum atomic E-state index is 13.1. The fraction of sp³-hybridized carbons (Fsp3) is 0.400. The predicted octanol–water partition coefficient (Wildman–Crippen LogP) is 6.24. The highest BCUT2D eigenvalue weighted by molar-refractivity contribution is 7.89. The van der Waals surface area contributed by atoms with Crippen LogP contribution in [0.25, 0.3) is 0 Å². The summed E-state index contributed by atoms with van der Waals surface area (Å²) in [5.74, 6) is 1.02. The molecule has 0 unspecified atom stereocenters. The number of rotatable bonds is 5. The molecule has 0 spiro atoms. The molecule has 1 amide bonds. The van der Waals surface area contributed by atoms with Crippen molar-refractivity contribution in [3.05, 3.63) is 64.8 Å². The lowest BCUT2D eigenvalue weighted by molar-refractivity contribution is -0.156. The van der Waals surface area contributed by atoms with Gasteiger partial charge in [0.05, 0.1) is 11.4 Å².